The van der Waals surface area contributed by atoms with Gasteiger partial charge in [-0.25, -0.2) is 12.8 Å². The number of nitrogens with zero attached hydrogens (tertiary/aromatic N) is 2. The van der Waals surface area contributed by atoms with Gasteiger partial charge in [-0.2, -0.15) is 0 Å². The van der Waals surface area contributed by atoms with Gasteiger partial charge in [0, 0.05) is 25.1 Å². The zero-order chi connectivity index (χ0) is 30.2. The Morgan fingerprint density at radius 1 is 0.902 bits per heavy atom. The summed E-state index contributed by atoms with van der Waals surface area (Å²) < 4.78 is 51.1. The minimum absolute atomic E-state index is 0.0499. The molecule has 0 aromatic heterocycles. The summed E-state index contributed by atoms with van der Waals surface area (Å²) >= 11 is 0. The highest BCUT2D eigenvalue weighted by Gasteiger charge is 2.33. The van der Waals surface area contributed by atoms with E-state index in [-0.39, 0.29) is 30.4 Å². The van der Waals surface area contributed by atoms with Crippen LogP contribution in [0.2, 0.25) is 0 Å². The number of hydrogen-bond donors (Lipinski definition) is 1. The number of halogens is 1. The van der Waals surface area contributed by atoms with Crippen LogP contribution in [0.25, 0.3) is 0 Å². The lowest BCUT2D eigenvalue weighted by atomic mass is 10.0. The van der Waals surface area contributed by atoms with Gasteiger partial charge >= 0.3 is 0 Å². The Bertz CT molecular complexity index is 1430. The highest BCUT2D eigenvalue weighted by atomic mass is 32.2. The molecule has 3 rings (SSSR count). The summed E-state index contributed by atoms with van der Waals surface area (Å²) in [6.45, 7) is 2.99. The number of carbonyl (C=O) groups is 2. The predicted molar refractivity (Wildman–Crippen MR) is 156 cm³/mol. The summed E-state index contributed by atoms with van der Waals surface area (Å²) in [4.78, 5) is 28.9. The van der Waals surface area contributed by atoms with Crippen molar-refractivity contribution in [2.75, 3.05) is 31.3 Å². The molecule has 0 saturated heterocycles. The Balaban J connectivity index is 2.07. The number of carbonyl (C=O) groups excluding carboxylic acids is 2. The molecule has 41 heavy (non-hydrogen) atoms. The van der Waals surface area contributed by atoms with Crippen LogP contribution in [0.5, 0.6) is 11.5 Å². The Kier molecular flexibility index (Phi) is 10.7. The maximum atomic E-state index is 14.1. The van der Waals surface area contributed by atoms with Crippen molar-refractivity contribution >= 4 is 27.5 Å². The largest absolute Gasteiger partial charge is 0.493 e. The quantitative estimate of drug-likeness (QED) is 0.328. The first-order valence-corrected chi connectivity index (χ1v) is 14.9. The molecule has 0 fully saturated rings. The summed E-state index contributed by atoms with van der Waals surface area (Å²) in [5.41, 5.74) is 1.58. The van der Waals surface area contributed by atoms with Gasteiger partial charge in [-0.15, -0.1) is 0 Å². The topological polar surface area (TPSA) is 105 Å². The van der Waals surface area contributed by atoms with Crippen LogP contribution in [0.3, 0.4) is 0 Å². The molecule has 1 N–H and O–H groups in total. The number of sulfonamides is 1. The van der Waals surface area contributed by atoms with Gasteiger partial charge in [0.25, 0.3) is 0 Å². The van der Waals surface area contributed by atoms with Crippen LogP contribution in [0.4, 0.5) is 10.1 Å². The number of benzene rings is 3. The molecule has 0 bridgehead atoms. The zero-order valence-corrected chi connectivity index (χ0v) is 24.7. The van der Waals surface area contributed by atoms with Crippen LogP contribution in [-0.4, -0.2) is 64.2 Å². The van der Waals surface area contributed by atoms with E-state index in [4.69, 9.17) is 9.47 Å². The van der Waals surface area contributed by atoms with Gasteiger partial charge in [-0.1, -0.05) is 42.5 Å². The molecule has 0 unspecified atom stereocenters. The Morgan fingerprint density at radius 3 is 2.10 bits per heavy atom. The lowest BCUT2D eigenvalue weighted by molar-refractivity contribution is -0.140. The van der Waals surface area contributed by atoms with Gasteiger partial charge in [0.05, 0.1) is 26.2 Å². The lowest BCUT2D eigenvalue weighted by Gasteiger charge is -2.34. The molecule has 0 heterocycles. The molecule has 3 aromatic carbocycles. The summed E-state index contributed by atoms with van der Waals surface area (Å²) in [5.74, 6) is -0.776. The molecule has 0 saturated carbocycles. The lowest BCUT2D eigenvalue weighted by Crippen LogP contribution is -2.54. The monoisotopic (exact) mass is 585 g/mol. The van der Waals surface area contributed by atoms with Crippen molar-refractivity contribution in [2.45, 2.75) is 38.9 Å². The van der Waals surface area contributed by atoms with Crippen LogP contribution in [0.1, 0.15) is 25.0 Å². The Labute approximate surface area is 240 Å². The fraction of sp³-hybridized carbons (Fsp3) is 0.333. The number of anilines is 1. The average molecular weight is 586 g/mol. The van der Waals surface area contributed by atoms with E-state index >= 15 is 0 Å². The highest BCUT2D eigenvalue weighted by Crippen LogP contribution is 2.32. The zero-order valence-electron chi connectivity index (χ0n) is 23.8. The molecule has 9 nitrogen and oxygen atoms in total. The second kappa shape index (κ2) is 14.0. The van der Waals surface area contributed by atoms with Crippen molar-refractivity contribution in [1.29, 1.82) is 0 Å². The highest BCUT2D eigenvalue weighted by molar-refractivity contribution is 7.92. The number of methoxy groups -OCH3 is 2. The second-order valence-electron chi connectivity index (χ2n) is 9.83. The molecule has 2 amide bonds. The summed E-state index contributed by atoms with van der Waals surface area (Å²) in [7, 11) is -1.08. The first-order chi connectivity index (χ1) is 19.4. The minimum atomic E-state index is -3.95. The van der Waals surface area contributed by atoms with Gasteiger partial charge < -0.3 is 19.7 Å². The molecule has 0 radical (unpaired) electrons. The fourth-order valence-corrected chi connectivity index (χ4v) is 5.16. The molecule has 220 valence electrons. The van der Waals surface area contributed by atoms with E-state index in [2.05, 4.69) is 5.32 Å². The molecule has 0 aliphatic carbocycles. The van der Waals surface area contributed by atoms with Crippen molar-refractivity contribution in [2.24, 2.45) is 0 Å². The minimum Gasteiger partial charge on any atom is -0.493 e. The molecule has 11 heteroatoms. The molecule has 3 aromatic rings. The molecular weight excluding hydrogens is 549 g/mol. The number of ether oxygens (including phenoxy) is 2. The summed E-state index contributed by atoms with van der Waals surface area (Å²) in [6, 6.07) is 18.1. The first-order valence-electron chi connectivity index (χ1n) is 13.0. The molecule has 1 atom stereocenters. The smallest absolute Gasteiger partial charge is 0.244 e. The molecular formula is C30H36FN3O6S. The number of amides is 2. The van der Waals surface area contributed by atoms with E-state index < -0.39 is 40.2 Å². The first kappa shape index (κ1) is 31.4. The van der Waals surface area contributed by atoms with Gasteiger partial charge in [0.15, 0.2) is 11.5 Å². The fourth-order valence-electron chi connectivity index (χ4n) is 4.31. The van der Waals surface area contributed by atoms with Gasteiger partial charge in [0.1, 0.15) is 18.4 Å². The summed E-state index contributed by atoms with van der Waals surface area (Å²) in [6.07, 6.45) is 1.18. The van der Waals surface area contributed by atoms with Crippen LogP contribution in [0.15, 0.2) is 72.8 Å². The Morgan fingerprint density at radius 2 is 1.54 bits per heavy atom. The van der Waals surface area contributed by atoms with E-state index in [1.54, 1.807) is 6.07 Å². The SMILES string of the molecule is COc1ccc(N(CC(=O)N(Cc2ccc(F)cc2)[C@H](Cc2ccccc2)C(=O)NC(C)C)S(C)(=O)=O)cc1OC. The third-order valence-corrected chi connectivity index (χ3v) is 7.44. The van der Waals surface area contributed by atoms with E-state index in [0.717, 1.165) is 16.1 Å². The third kappa shape index (κ3) is 8.68. The normalized spacial score (nSPS) is 12.0. The third-order valence-electron chi connectivity index (χ3n) is 6.30. The van der Waals surface area contributed by atoms with Gasteiger partial charge in [-0.3, -0.25) is 13.9 Å². The van der Waals surface area contributed by atoms with Crippen LogP contribution < -0.4 is 19.1 Å². The molecule has 0 spiro atoms. The standard InChI is InChI=1S/C30H36FN3O6S/c1-21(2)32-30(36)26(17-22-9-7-6-8-10-22)33(19-23-11-13-24(31)14-12-23)29(35)20-34(41(5,37)38)25-15-16-27(39-3)28(18-25)40-4/h6-16,18,21,26H,17,19-20H2,1-5H3,(H,32,36)/t26-/m1/s1. The number of hydrogen-bond acceptors (Lipinski definition) is 6. The number of rotatable bonds is 13. The van der Waals surface area contributed by atoms with Crippen molar-refractivity contribution in [3.05, 3.63) is 89.7 Å². The van der Waals surface area contributed by atoms with Crippen molar-refractivity contribution in [3.8, 4) is 11.5 Å². The molecule has 0 aliphatic heterocycles. The van der Waals surface area contributed by atoms with E-state index in [1.165, 1.54) is 55.5 Å². The maximum Gasteiger partial charge on any atom is 0.244 e. The average Bonchev–Trinajstić information content (AvgIpc) is 2.93. The molecule has 0 aliphatic rings. The van der Waals surface area contributed by atoms with Crippen LogP contribution in [-0.2, 0) is 32.6 Å². The second-order valence-corrected chi connectivity index (χ2v) is 11.7. The van der Waals surface area contributed by atoms with Gasteiger partial charge in [0.2, 0.25) is 21.8 Å². The van der Waals surface area contributed by atoms with Crippen molar-refractivity contribution in [3.63, 3.8) is 0 Å². The van der Waals surface area contributed by atoms with Crippen LogP contribution >= 0.6 is 0 Å². The van der Waals surface area contributed by atoms with Gasteiger partial charge in [-0.05, 0) is 49.2 Å². The van der Waals surface area contributed by atoms with E-state index in [1.807, 2.05) is 44.2 Å². The maximum absolute atomic E-state index is 14.1. The van der Waals surface area contributed by atoms with E-state index in [0.29, 0.717) is 11.3 Å². The number of nitrogens with one attached hydrogen (secondary N) is 1. The Hall–Kier alpha value is -4.12. The van der Waals surface area contributed by atoms with Crippen molar-refractivity contribution < 1.29 is 31.9 Å². The van der Waals surface area contributed by atoms with E-state index in [9.17, 15) is 22.4 Å². The van der Waals surface area contributed by atoms with Crippen LogP contribution in [0, 0.1) is 5.82 Å². The van der Waals surface area contributed by atoms with Crippen molar-refractivity contribution in [1.82, 2.24) is 10.2 Å². The summed E-state index contributed by atoms with van der Waals surface area (Å²) in [5, 5.41) is 2.88. The predicted octanol–water partition coefficient (Wildman–Crippen LogP) is 3.77.